The molecule has 0 aliphatic carbocycles. The number of esters is 1. The summed E-state index contributed by atoms with van der Waals surface area (Å²) < 4.78 is 5.43. The van der Waals surface area contributed by atoms with Crippen molar-refractivity contribution in [1.82, 2.24) is 5.32 Å². The third-order valence-electron chi connectivity index (χ3n) is 2.78. The zero-order valence-corrected chi connectivity index (χ0v) is 12.0. The lowest BCUT2D eigenvalue weighted by Gasteiger charge is -2.16. The first-order chi connectivity index (χ1) is 8.09. The third-order valence-corrected chi connectivity index (χ3v) is 4.21. The Bertz CT molecular complexity index is 227. The summed E-state index contributed by atoms with van der Waals surface area (Å²) in [5.41, 5.74) is 0. The Morgan fingerprint density at radius 3 is 2.82 bits per heavy atom. The van der Waals surface area contributed by atoms with Crippen molar-refractivity contribution in [3.63, 3.8) is 0 Å². The summed E-state index contributed by atoms with van der Waals surface area (Å²) in [6.07, 6.45) is 3.01. The zero-order chi connectivity index (χ0) is 12.7. The molecule has 100 valence electrons. The van der Waals surface area contributed by atoms with E-state index < -0.39 is 0 Å². The lowest BCUT2D eigenvalue weighted by molar-refractivity contribution is -0.150. The van der Waals surface area contributed by atoms with Gasteiger partial charge in [0.2, 0.25) is 0 Å². The van der Waals surface area contributed by atoms with Crippen LogP contribution in [-0.2, 0) is 9.53 Å². The summed E-state index contributed by atoms with van der Waals surface area (Å²) in [6.45, 7) is 7.38. The van der Waals surface area contributed by atoms with Crippen molar-refractivity contribution in [2.24, 2.45) is 5.92 Å². The van der Waals surface area contributed by atoms with Crippen LogP contribution in [0.5, 0.6) is 0 Å². The van der Waals surface area contributed by atoms with E-state index in [-0.39, 0.29) is 18.1 Å². The molecule has 0 radical (unpaired) electrons. The van der Waals surface area contributed by atoms with Gasteiger partial charge in [0, 0.05) is 0 Å². The second-order valence-corrected chi connectivity index (χ2v) is 6.30. The Morgan fingerprint density at radius 2 is 2.24 bits per heavy atom. The molecule has 17 heavy (non-hydrogen) atoms. The van der Waals surface area contributed by atoms with Crippen molar-refractivity contribution < 1.29 is 9.53 Å². The molecular formula is C13H25NO2S. The Labute approximate surface area is 109 Å². The highest BCUT2D eigenvalue weighted by Crippen LogP contribution is 2.13. The highest BCUT2D eigenvalue weighted by Gasteiger charge is 2.24. The highest BCUT2D eigenvalue weighted by molar-refractivity contribution is 7.99. The topological polar surface area (TPSA) is 38.3 Å². The molecule has 3 nitrogen and oxygen atoms in total. The van der Waals surface area contributed by atoms with Crippen LogP contribution >= 0.6 is 11.8 Å². The Kier molecular flexibility index (Phi) is 6.97. The monoisotopic (exact) mass is 259 g/mol. The maximum atomic E-state index is 11.7. The van der Waals surface area contributed by atoms with Crippen LogP contribution in [0.25, 0.3) is 0 Å². The molecule has 0 spiro atoms. The van der Waals surface area contributed by atoms with Gasteiger partial charge in [-0.05, 0) is 50.2 Å². The van der Waals surface area contributed by atoms with Gasteiger partial charge in [0.25, 0.3) is 0 Å². The molecule has 1 aliphatic rings. The van der Waals surface area contributed by atoms with Gasteiger partial charge >= 0.3 is 5.97 Å². The molecule has 1 N–H and O–H groups in total. The van der Waals surface area contributed by atoms with E-state index in [0.717, 1.165) is 37.5 Å². The van der Waals surface area contributed by atoms with Gasteiger partial charge in [0.15, 0.2) is 0 Å². The van der Waals surface area contributed by atoms with Crippen LogP contribution < -0.4 is 5.32 Å². The summed E-state index contributed by atoms with van der Waals surface area (Å²) in [7, 11) is 0. The summed E-state index contributed by atoms with van der Waals surface area (Å²) in [6, 6.07) is -0.0548. The summed E-state index contributed by atoms with van der Waals surface area (Å²) in [5.74, 6) is 2.93. The van der Waals surface area contributed by atoms with Crippen molar-refractivity contribution in [2.45, 2.75) is 52.2 Å². The van der Waals surface area contributed by atoms with Crippen LogP contribution in [0.1, 0.15) is 40.0 Å². The molecule has 4 heteroatoms. The molecule has 1 fully saturated rings. The molecule has 1 aliphatic heterocycles. The molecule has 0 saturated carbocycles. The SMILES string of the molecule is CC(C)CSCCC(C)OC(=O)C1CCCN1. The van der Waals surface area contributed by atoms with Gasteiger partial charge in [-0.15, -0.1) is 0 Å². The molecule has 0 aromatic rings. The molecule has 0 bridgehead atoms. The van der Waals surface area contributed by atoms with E-state index in [0.29, 0.717) is 0 Å². The van der Waals surface area contributed by atoms with Gasteiger partial charge in [-0.25, -0.2) is 0 Å². The summed E-state index contributed by atoms with van der Waals surface area (Å²) in [4.78, 5) is 11.7. The molecule has 0 aromatic carbocycles. The minimum absolute atomic E-state index is 0.0459. The van der Waals surface area contributed by atoms with Crippen molar-refractivity contribution in [3.05, 3.63) is 0 Å². The van der Waals surface area contributed by atoms with Crippen molar-refractivity contribution in [2.75, 3.05) is 18.1 Å². The largest absolute Gasteiger partial charge is 0.461 e. The quantitative estimate of drug-likeness (QED) is 0.563. The predicted molar refractivity (Wildman–Crippen MR) is 73.4 cm³/mol. The maximum absolute atomic E-state index is 11.7. The molecule has 0 amide bonds. The number of rotatable bonds is 7. The molecule has 1 saturated heterocycles. The number of ether oxygens (including phenoxy) is 1. The molecule has 1 heterocycles. The first-order valence-corrected chi connectivity index (χ1v) is 7.76. The first-order valence-electron chi connectivity index (χ1n) is 6.61. The van der Waals surface area contributed by atoms with Crippen molar-refractivity contribution >= 4 is 17.7 Å². The second kappa shape index (κ2) is 7.98. The number of nitrogens with one attached hydrogen (secondary N) is 1. The Hall–Kier alpha value is -0.220. The molecule has 2 atom stereocenters. The van der Waals surface area contributed by atoms with Gasteiger partial charge in [-0.3, -0.25) is 4.79 Å². The minimum atomic E-state index is -0.0659. The summed E-state index contributed by atoms with van der Waals surface area (Å²) in [5, 5.41) is 3.16. The highest BCUT2D eigenvalue weighted by atomic mass is 32.2. The number of carbonyl (C=O) groups is 1. The maximum Gasteiger partial charge on any atom is 0.323 e. The average Bonchev–Trinajstić information content (AvgIpc) is 2.77. The smallest absolute Gasteiger partial charge is 0.323 e. The Morgan fingerprint density at radius 1 is 1.47 bits per heavy atom. The minimum Gasteiger partial charge on any atom is -0.461 e. The van der Waals surface area contributed by atoms with Gasteiger partial charge < -0.3 is 10.1 Å². The predicted octanol–water partition coefficient (Wildman–Crippen LogP) is 2.45. The van der Waals surface area contributed by atoms with E-state index in [9.17, 15) is 4.79 Å². The van der Waals surface area contributed by atoms with Crippen molar-refractivity contribution in [3.8, 4) is 0 Å². The fourth-order valence-electron chi connectivity index (χ4n) is 1.79. The second-order valence-electron chi connectivity index (χ2n) is 5.15. The fourth-order valence-corrected chi connectivity index (χ4v) is 2.93. The van der Waals surface area contributed by atoms with Gasteiger partial charge in [-0.1, -0.05) is 13.8 Å². The molecule has 0 aromatic heterocycles. The third kappa shape index (κ3) is 6.32. The van der Waals surface area contributed by atoms with E-state index >= 15 is 0 Å². The van der Waals surface area contributed by atoms with Crippen molar-refractivity contribution in [1.29, 1.82) is 0 Å². The molecular weight excluding hydrogens is 234 g/mol. The number of thioether (sulfide) groups is 1. The van der Waals surface area contributed by atoms with E-state index in [2.05, 4.69) is 19.2 Å². The van der Waals surface area contributed by atoms with Crippen LogP contribution in [0.15, 0.2) is 0 Å². The van der Waals surface area contributed by atoms with Gasteiger partial charge in [0.1, 0.15) is 6.04 Å². The zero-order valence-electron chi connectivity index (χ0n) is 11.2. The number of carbonyl (C=O) groups excluding carboxylic acids is 1. The van der Waals surface area contributed by atoms with Crippen LogP contribution in [-0.4, -0.2) is 36.2 Å². The van der Waals surface area contributed by atoms with Crippen LogP contribution in [0, 0.1) is 5.92 Å². The molecule has 2 unspecified atom stereocenters. The van der Waals surface area contributed by atoms with E-state index in [4.69, 9.17) is 4.74 Å². The lowest BCUT2D eigenvalue weighted by atomic mass is 10.2. The summed E-state index contributed by atoms with van der Waals surface area (Å²) >= 11 is 1.94. The van der Waals surface area contributed by atoms with Crippen LogP contribution in [0.4, 0.5) is 0 Å². The van der Waals surface area contributed by atoms with E-state index in [1.165, 1.54) is 5.75 Å². The van der Waals surface area contributed by atoms with Crippen LogP contribution in [0.2, 0.25) is 0 Å². The average molecular weight is 259 g/mol. The number of hydrogen-bond donors (Lipinski definition) is 1. The van der Waals surface area contributed by atoms with E-state index in [1.54, 1.807) is 0 Å². The van der Waals surface area contributed by atoms with Gasteiger partial charge in [-0.2, -0.15) is 11.8 Å². The molecule has 1 rings (SSSR count). The van der Waals surface area contributed by atoms with Gasteiger partial charge in [0.05, 0.1) is 6.10 Å². The van der Waals surface area contributed by atoms with Crippen LogP contribution in [0.3, 0.4) is 0 Å². The lowest BCUT2D eigenvalue weighted by Crippen LogP contribution is -2.34. The number of hydrogen-bond acceptors (Lipinski definition) is 4. The normalized spacial score (nSPS) is 21.8. The first kappa shape index (κ1) is 14.8. The van der Waals surface area contributed by atoms with E-state index in [1.807, 2.05) is 18.7 Å². The fraction of sp³-hybridized carbons (Fsp3) is 0.923. The standard InChI is InChI=1S/C13H25NO2S/c1-10(2)9-17-8-6-11(3)16-13(15)12-5-4-7-14-12/h10-12,14H,4-9H2,1-3H3. The Balaban J connectivity index is 2.07.